The number of nitrogen functional groups attached to an aromatic ring is 1. The van der Waals surface area contributed by atoms with Crippen molar-refractivity contribution in [2.24, 2.45) is 0 Å². The summed E-state index contributed by atoms with van der Waals surface area (Å²) < 4.78 is 10.3. The van der Waals surface area contributed by atoms with Crippen LogP contribution in [0.4, 0.5) is 5.69 Å². The Hall–Kier alpha value is -2.04. The van der Waals surface area contributed by atoms with E-state index in [0.717, 1.165) is 5.75 Å². The minimum atomic E-state index is 0.268. The molecule has 5 heteroatoms. The van der Waals surface area contributed by atoms with Gasteiger partial charge in [0, 0.05) is 5.69 Å². The summed E-state index contributed by atoms with van der Waals surface area (Å²) in [6, 6.07) is 7.10. The Labute approximate surface area is 80.5 Å². The molecule has 0 aliphatic heterocycles. The molecule has 2 rings (SSSR count). The standard InChI is InChI=1S/C9H9N3O2/c10-7-1-3-8(4-2-7)13-5-9-12-11-6-14-9/h1-4,6H,5,10H2. The third-order valence-electron chi connectivity index (χ3n) is 1.65. The molecular formula is C9H9N3O2. The van der Waals surface area contributed by atoms with Crippen LogP contribution in [-0.4, -0.2) is 10.2 Å². The third-order valence-corrected chi connectivity index (χ3v) is 1.65. The molecular weight excluding hydrogens is 182 g/mol. The second-order valence-electron chi connectivity index (χ2n) is 2.69. The molecule has 1 aromatic carbocycles. The average molecular weight is 191 g/mol. The number of hydrogen-bond donors (Lipinski definition) is 1. The average Bonchev–Trinajstić information content (AvgIpc) is 2.70. The van der Waals surface area contributed by atoms with Gasteiger partial charge in [-0.05, 0) is 24.3 Å². The van der Waals surface area contributed by atoms with Crippen molar-refractivity contribution < 1.29 is 9.15 Å². The molecule has 1 heterocycles. The Morgan fingerprint density at radius 3 is 2.71 bits per heavy atom. The van der Waals surface area contributed by atoms with Crippen molar-refractivity contribution in [2.75, 3.05) is 5.73 Å². The molecule has 0 atom stereocenters. The first-order chi connectivity index (χ1) is 6.84. The van der Waals surface area contributed by atoms with E-state index in [-0.39, 0.29) is 6.61 Å². The minimum Gasteiger partial charge on any atom is -0.484 e. The molecule has 0 aliphatic rings. The fourth-order valence-corrected chi connectivity index (χ4v) is 0.968. The molecule has 0 bridgehead atoms. The van der Waals surface area contributed by atoms with Crippen molar-refractivity contribution in [3.63, 3.8) is 0 Å². The van der Waals surface area contributed by atoms with Crippen molar-refractivity contribution in [3.05, 3.63) is 36.5 Å². The number of ether oxygens (including phenoxy) is 1. The van der Waals surface area contributed by atoms with Gasteiger partial charge in [-0.15, -0.1) is 10.2 Å². The molecule has 14 heavy (non-hydrogen) atoms. The van der Waals surface area contributed by atoms with Crippen molar-refractivity contribution >= 4 is 5.69 Å². The van der Waals surface area contributed by atoms with Gasteiger partial charge in [0.15, 0.2) is 6.61 Å². The van der Waals surface area contributed by atoms with Gasteiger partial charge in [-0.1, -0.05) is 0 Å². The van der Waals surface area contributed by atoms with Crippen LogP contribution in [-0.2, 0) is 6.61 Å². The maximum Gasteiger partial charge on any atom is 0.253 e. The van der Waals surface area contributed by atoms with Crippen LogP contribution in [0.25, 0.3) is 0 Å². The van der Waals surface area contributed by atoms with Crippen LogP contribution in [0.5, 0.6) is 5.75 Å². The Balaban J connectivity index is 1.95. The van der Waals surface area contributed by atoms with Crippen LogP contribution in [0, 0.1) is 0 Å². The summed E-state index contributed by atoms with van der Waals surface area (Å²) in [4.78, 5) is 0. The normalized spacial score (nSPS) is 10.0. The van der Waals surface area contributed by atoms with Gasteiger partial charge >= 0.3 is 0 Å². The van der Waals surface area contributed by atoms with Gasteiger partial charge in [0.1, 0.15) is 5.75 Å². The number of anilines is 1. The summed E-state index contributed by atoms with van der Waals surface area (Å²) in [5.41, 5.74) is 6.22. The Kier molecular flexibility index (Phi) is 2.31. The van der Waals surface area contributed by atoms with Crippen LogP contribution in [0.15, 0.2) is 35.1 Å². The van der Waals surface area contributed by atoms with Gasteiger partial charge in [0.05, 0.1) is 0 Å². The van der Waals surface area contributed by atoms with Crippen molar-refractivity contribution in [2.45, 2.75) is 6.61 Å². The van der Waals surface area contributed by atoms with Crippen LogP contribution in [0.2, 0.25) is 0 Å². The van der Waals surface area contributed by atoms with E-state index >= 15 is 0 Å². The van der Waals surface area contributed by atoms with Crippen LogP contribution in [0.3, 0.4) is 0 Å². The lowest BCUT2D eigenvalue weighted by Gasteiger charge is -2.02. The summed E-state index contributed by atoms with van der Waals surface area (Å²) >= 11 is 0. The molecule has 72 valence electrons. The van der Waals surface area contributed by atoms with Crippen LogP contribution >= 0.6 is 0 Å². The smallest absolute Gasteiger partial charge is 0.253 e. The predicted molar refractivity (Wildman–Crippen MR) is 49.5 cm³/mol. The number of hydrogen-bond acceptors (Lipinski definition) is 5. The minimum absolute atomic E-state index is 0.268. The van der Waals surface area contributed by atoms with Gasteiger partial charge in [0.25, 0.3) is 5.89 Å². The fourth-order valence-electron chi connectivity index (χ4n) is 0.968. The second-order valence-corrected chi connectivity index (χ2v) is 2.69. The number of nitrogens with two attached hydrogens (primary N) is 1. The third kappa shape index (κ3) is 2.01. The first kappa shape index (κ1) is 8.55. The summed E-state index contributed by atoms with van der Waals surface area (Å²) in [5.74, 6) is 1.17. The quantitative estimate of drug-likeness (QED) is 0.738. The van der Waals surface area contributed by atoms with E-state index in [4.69, 9.17) is 14.9 Å². The van der Waals surface area contributed by atoms with E-state index in [9.17, 15) is 0 Å². The van der Waals surface area contributed by atoms with Crippen LogP contribution < -0.4 is 10.5 Å². The lowest BCUT2D eigenvalue weighted by Crippen LogP contribution is -1.95. The van der Waals surface area contributed by atoms with E-state index in [1.165, 1.54) is 6.39 Å². The van der Waals surface area contributed by atoms with E-state index in [1.54, 1.807) is 24.3 Å². The lowest BCUT2D eigenvalue weighted by molar-refractivity contribution is 0.263. The number of benzene rings is 1. The van der Waals surface area contributed by atoms with Gasteiger partial charge in [-0.2, -0.15) is 0 Å². The molecule has 2 aromatic rings. The molecule has 1 aromatic heterocycles. The Bertz CT molecular complexity index is 383. The maximum atomic E-state index is 5.52. The number of rotatable bonds is 3. The highest BCUT2D eigenvalue weighted by molar-refractivity contribution is 5.41. The SMILES string of the molecule is Nc1ccc(OCc2nnco2)cc1. The van der Waals surface area contributed by atoms with E-state index < -0.39 is 0 Å². The van der Waals surface area contributed by atoms with E-state index in [2.05, 4.69) is 10.2 Å². The zero-order valence-corrected chi connectivity index (χ0v) is 7.38. The largest absolute Gasteiger partial charge is 0.484 e. The molecule has 0 aliphatic carbocycles. The Morgan fingerprint density at radius 2 is 2.07 bits per heavy atom. The zero-order valence-electron chi connectivity index (χ0n) is 7.38. The van der Waals surface area contributed by atoms with Gasteiger partial charge in [-0.3, -0.25) is 0 Å². The van der Waals surface area contributed by atoms with Crippen molar-refractivity contribution in [1.29, 1.82) is 0 Å². The fraction of sp³-hybridized carbons (Fsp3) is 0.111. The topological polar surface area (TPSA) is 74.2 Å². The summed E-state index contributed by atoms with van der Waals surface area (Å²) in [6.07, 6.45) is 1.27. The predicted octanol–water partition coefficient (Wildman–Crippen LogP) is 1.23. The first-order valence-electron chi connectivity index (χ1n) is 4.08. The molecule has 0 saturated carbocycles. The van der Waals surface area contributed by atoms with Crippen LogP contribution in [0.1, 0.15) is 5.89 Å². The van der Waals surface area contributed by atoms with Gasteiger partial charge in [0.2, 0.25) is 6.39 Å². The molecule has 5 nitrogen and oxygen atoms in total. The summed E-state index contributed by atoms with van der Waals surface area (Å²) in [5, 5.41) is 7.21. The second kappa shape index (κ2) is 3.78. The molecule has 2 N–H and O–H groups in total. The van der Waals surface area contributed by atoms with Gasteiger partial charge in [-0.25, -0.2) is 0 Å². The van der Waals surface area contributed by atoms with E-state index in [0.29, 0.717) is 11.6 Å². The zero-order chi connectivity index (χ0) is 9.80. The monoisotopic (exact) mass is 191 g/mol. The molecule has 0 spiro atoms. The maximum absolute atomic E-state index is 5.52. The number of aromatic nitrogens is 2. The number of nitrogens with zero attached hydrogens (tertiary/aromatic N) is 2. The van der Waals surface area contributed by atoms with Crippen molar-refractivity contribution in [3.8, 4) is 5.75 Å². The van der Waals surface area contributed by atoms with Crippen molar-refractivity contribution in [1.82, 2.24) is 10.2 Å². The lowest BCUT2D eigenvalue weighted by atomic mass is 10.3. The first-order valence-corrected chi connectivity index (χ1v) is 4.08. The molecule has 0 unspecified atom stereocenters. The molecule has 0 amide bonds. The highest BCUT2D eigenvalue weighted by Gasteiger charge is 1.99. The van der Waals surface area contributed by atoms with E-state index in [1.807, 2.05) is 0 Å². The molecule has 0 radical (unpaired) electrons. The highest BCUT2D eigenvalue weighted by atomic mass is 16.5. The molecule has 0 fully saturated rings. The molecule has 0 saturated heterocycles. The highest BCUT2D eigenvalue weighted by Crippen LogP contribution is 2.14. The Morgan fingerprint density at radius 1 is 1.29 bits per heavy atom. The summed E-state index contributed by atoms with van der Waals surface area (Å²) in [7, 11) is 0. The van der Waals surface area contributed by atoms with Gasteiger partial charge < -0.3 is 14.9 Å². The summed E-state index contributed by atoms with van der Waals surface area (Å²) in [6.45, 7) is 0.268.